The van der Waals surface area contributed by atoms with Crippen molar-refractivity contribution in [1.29, 1.82) is 0 Å². The second-order valence-corrected chi connectivity index (χ2v) is 9.00. The highest BCUT2D eigenvalue weighted by atomic mass is 35.5. The molecule has 0 aromatic heterocycles. The fourth-order valence-electron chi connectivity index (χ4n) is 3.33. The fourth-order valence-corrected chi connectivity index (χ4v) is 4.85. The second kappa shape index (κ2) is 12.0. The van der Waals surface area contributed by atoms with E-state index in [1.54, 1.807) is 18.2 Å². The molecule has 2 N–H and O–H groups in total. The lowest BCUT2D eigenvalue weighted by Gasteiger charge is -2.23. The molecule has 1 amide bonds. The molecule has 2 aliphatic heterocycles. The summed E-state index contributed by atoms with van der Waals surface area (Å²) in [6, 6.07) is 6.47. The Morgan fingerprint density at radius 2 is 2.03 bits per heavy atom. The largest absolute Gasteiger partial charge is 0.378 e. The van der Waals surface area contributed by atoms with Crippen LogP contribution in [0.4, 0.5) is 5.69 Å². The minimum absolute atomic E-state index is 0. The van der Waals surface area contributed by atoms with Crippen molar-refractivity contribution in [2.24, 2.45) is 0 Å². The monoisotopic (exact) mass is 468 g/mol. The molecule has 3 rings (SSSR count). The average Bonchev–Trinajstić information content (AvgIpc) is 2.87. The standard InChI is InChI=1S/C18H28N4O4S.2ClH/c1-21-7-3-8-22(10-9-21)27(24,25)17-5-2-4-15(12-17)20-18(23)13-16-14-26-11-6-19-16;;/h2,4-5,12,16,19H,3,6-11,13-14H2,1H3,(H,20,23);2*1H. The third-order valence-electron chi connectivity index (χ3n) is 4.86. The second-order valence-electron chi connectivity index (χ2n) is 7.07. The summed E-state index contributed by atoms with van der Waals surface area (Å²) in [6.07, 6.45) is 1.10. The number of halogens is 2. The van der Waals surface area contributed by atoms with E-state index < -0.39 is 10.0 Å². The molecule has 1 aromatic carbocycles. The quantitative estimate of drug-likeness (QED) is 0.673. The molecule has 11 heteroatoms. The molecule has 0 bridgehead atoms. The summed E-state index contributed by atoms with van der Waals surface area (Å²) < 4.78 is 32.8. The number of hydrogen-bond donors (Lipinski definition) is 2. The molecule has 0 radical (unpaired) electrons. The molecule has 0 saturated carbocycles. The predicted octanol–water partition coefficient (Wildman–Crippen LogP) is 1.17. The number of carbonyl (C=O) groups excluding carboxylic acids is 1. The number of morpholine rings is 1. The van der Waals surface area contributed by atoms with Gasteiger partial charge in [-0.25, -0.2) is 8.42 Å². The molecule has 2 heterocycles. The van der Waals surface area contributed by atoms with E-state index in [1.807, 2.05) is 7.05 Å². The summed E-state index contributed by atoms with van der Waals surface area (Å²) in [5, 5.41) is 6.03. The van der Waals surface area contributed by atoms with Gasteiger partial charge in [-0.3, -0.25) is 4.79 Å². The van der Waals surface area contributed by atoms with E-state index >= 15 is 0 Å². The number of nitrogens with zero attached hydrogens (tertiary/aromatic N) is 2. The van der Waals surface area contributed by atoms with Crippen molar-refractivity contribution >= 4 is 46.4 Å². The van der Waals surface area contributed by atoms with Crippen LogP contribution in [0.25, 0.3) is 0 Å². The van der Waals surface area contributed by atoms with Crippen molar-refractivity contribution in [3.05, 3.63) is 24.3 Å². The van der Waals surface area contributed by atoms with E-state index in [0.717, 1.165) is 19.5 Å². The van der Waals surface area contributed by atoms with Crippen molar-refractivity contribution < 1.29 is 17.9 Å². The van der Waals surface area contributed by atoms with Crippen LogP contribution in [-0.2, 0) is 19.6 Å². The number of anilines is 1. The normalized spacial score (nSPS) is 21.3. The van der Waals surface area contributed by atoms with Gasteiger partial charge in [-0.15, -0.1) is 24.8 Å². The highest BCUT2D eigenvalue weighted by Gasteiger charge is 2.26. The molecule has 2 aliphatic rings. The van der Waals surface area contributed by atoms with Crippen LogP contribution in [-0.4, -0.2) is 82.6 Å². The van der Waals surface area contributed by atoms with Crippen LogP contribution < -0.4 is 10.6 Å². The van der Waals surface area contributed by atoms with E-state index in [0.29, 0.717) is 38.5 Å². The van der Waals surface area contributed by atoms with E-state index in [1.165, 1.54) is 10.4 Å². The van der Waals surface area contributed by atoms with Crippen molar-refractivity contribution in [3.8, 4) is 0 Å². The fraction of sp³-hybridized carbons (Fsp3) is 0.611. The Hall–Kier alpha value is -0.940. The first-order valence-electron chi connectivity index (χ1n) is 9.35. The maximum Gasteiger partial charge on any atom is 0.243 e. The number of ether oxygens (including phenoxy) is 1. The van der Waals surface area contributed by atoms with Gasteiger partial charge >= 0.3 is 0 Å². The number of amides is 1. The number of likely N-dealkylation sites (N-methyl/N-ethyl adjacent to an activating group) is 1. The zero-order valence-electron chi connectivity index (χ0n) is 16.5. The first-order chi connectivity index (χ1) is 12.9. The Labute approximate surface area is 185 Å². The smallest absolute Gasteiger partial charge is 0.243 e. The highest BCUT2D eigenvalue weighted by molar-refractivity contribution is 7.89. The SMILES string of the molecule is CN1CCCN(S(=O)(=O)c2cccc(NC(=O)CC3COCCN3)c2)CC1.Cl.Cl. The zero-order chi connectivity index (χ0) is 19.3. The van der Waals surface area contributed by atoms with Crippen molar-refractivity contribution in [3.63, 3.8) is 0 Å². The number of hydrogen-bond acceptors (Lipinski definition) is 6. The molecule has 8 nitrogen and oxygen atoms in total. The first kappa shape index (κ1) is 26.1. The summed E-state index contributed by atoms with van der Waals surface area (Å²) in [6.45, 7) is 4.48. The van der Waals surface area contributed by atoms with Gasteiger partial charge in [0.1, 0.15) is 0 Å². The van der Waals surface area contributed by atoms with Crippen LogP contribution in [0.5, 0.6) is 0 Å². The van der Waals surface area contributed by atoms with Crippen LogP contribution in [0.15, 0.2) is 29.2 Å². The van der Waals surface area contributed by atoms with Gasteiger partial charge in [0.25, 0.3) is 0 Å². The van der Waals surface area contributed by atoms with Gasteiger partial charge in [0.05, 0.1) is 18.1 Å². The number of carbonyl (C=O) groups is 1. The summed E-state index contributed by atoms with van der Waals surface area (Å²) in [5.74, 6) is -0.163. The van der Waals surface area contributed by atoms with E-state index in [-0.39, 0.29) is 48.1 Å². The molecule has 1 unspecified atom stereocenters. The lowest BCUT2D eigenvalue weighted by molar-refractivity contribution is -0.117. The molecular weight excluding hydrogens is 439 g/mol. The summed E-state index contributed by atoms with van der Waals surface area (Å²) >= 11 is 0. The van der Waals surface area contributed by atoms with Gasteiger partial charge in [0.15, 0.2) is 0 Å². The van der Waals surface area contributed by atoms with Crippen molar-refractivity contribution in [2.45, 2.75) is 23.8 Å². The molecule has 2 saturated heterocycles. The number of nitrogens with one attached hydrogen (secondary N) is 2. The van der Waals surface area contributed by atoms with Gasteiger partial charge in [-0.05, 0) is 38.2 Å². The molecule has 2 fully saturated rings. The van der Waals surface area contributed by atoms with Gasteiger partial charge in [-0.2, -0.15) is 4.31 Å². The summed E-state index contributed by atoms with van der Waals surface area (Å²) in [7, 11) is -1.57. The Kier molecular flexibility index (Phi) is 10.8. The predicted molar refractivity (Wildman–Crippen MR) is 118 cm³/mol. The molecule has 0 aliphatic carbocycles. The van der Waals surface area contributed by atoms with Gasteiger partial charge in [-0.1, -0.05) is 6.07 Å². The maximum atomic E-state index is 13.0. The average molecular weight is 469 g/mol. The minimum atomic E-state index is -3.57. The van der Waals surface area contributed by atoms with E-state index in [9.17, 15) is 13.2 Å². The van der Waals surface area contributed by atoms with Crippen LogP contribution in [0, 0.1) is 0 Å². The molecule has 1 aromatic rings. The third-order valence-corrected chi connectivity index (χ3v) is 6.76. The summed E-state index contributed by atoms with van der Waals surface area (Å²) in [5.41, 5.74) is 0.491. The third kappa shape index (κ3) is 7.36. The molecule has 29 heavy (non-hydrogen) atoms. The van der Waals surface area contributed by atoms with Crippen LogP contribution >= 0.6 is 24.8 Å². The Morgan fingerprint density at radius 1 is 1.24 bits per heavy atom. The molecule has 1 atom stereocenters. The van der Waals surface area contributed by atoms with Crippen LogP contribution in [0.1, 0.15) is 12.8 Å². The van der Waals surface area contributed by atoms with E-state index in [4.69, 9.17) is 4.74 Å². The molecular formula is C18H30Cl2N4O4S. The van der Waals surface area contributed by atoms with Gasteiger partial charge < -0.3 is 20.3 Å². The highest BCUT2D eigenvalue weighted by Crippen LogP contribution is 2.21. The minimum Gasteiger partial charge on any atom is -0.378 e. The zero-order valence-corrected chi connectivity index (χ0v) is 19.0. The topological polar surface area (TPSA) is 91.0 Å². The molecule has 166 valence electrons. The van der Waals surface area contributed by atoms with Crippen LogP contribution in [0.3, 0.4) is 0 Å². The van der Waals surface area contributed by atoms with Crippen molar-refractivity contribution in [1.82, 2.24) is 14.5 Å². The maximum absolute atomic E-state index is 13.0. The Morgan fingerprint density at radius 3 is 2.76 bits per heavy atom. The van der Waals surface area contributed by atoms with E-state index in [2.05, 4.69) is 15.5 Å². The first-order valence-corrected chi connectivity index (χ1v) is 10.8. The van der Waals surface area contributed by atoms with Gasteiger partial charge in [0, 0.05) is 44.3 Å². The van der Waals surface area contributed by atoms with Crippen LogP contribution in [0.2, 0.25) is 0 Å². The number of benzene rings is 1. The number of rotatable bonds is 5. The molecule has 0 spiro atoms. The lowest BCUT2D eigenvalue weighted by atomic mass is 10.2. The number of sulfonamides is 1. The van der Waals surface area contributed by atoms with Crippen molar-refractivity contribution in [2.75, 3.05) is 58.3 Å². The Bertz CT molecular complexity index is 760. The lowest BCUT2D eigenvalue weighted by Crippen LogP contribution is -2.43. The van der Waals surface area contributed by atoms with Gasteiger partial charge in [0.2, 0.25) is 15.9 Å². The Balaban J connectivity index is 0.00000210. The summed E-state index contributed by atoms with van der Waals surface area (Å²) in [4.78, 5) is 14.6.